The van der Waals surface area contributed by atoms with E-state index < -0.39 is 17.2 Å². The summed E-state index contributed by atoms with van der Waals surface area (Å²) in [5, 5.41) is 1.72. The Morgan fingerprint density at radius 2 is 1.32 bits per heavy atom. The third-order valence-corrected chi connectivity index (χ3v) is 17.9. The van der Waals surface area contributed by atoms with Crippen molar-refractivity contribution in [2.45, 2.75) is 115 Å². The van der Waals surface area contributed by atoms with Crippen molar-refractivity contribution in [1.82, 2.24) is 0 Å². The van der Waals surface area contributed by atoms with E-state index in [1.54, 1.807) is 31.4 Å². The first kappa shape index (κ1) is 52.9. The lowest BCUT2D eigenvalue weighted by atomic mass is 9.77. The number of aryl methyl sites for hydroxylation is 1. The van der Waals surface area contributed by atoms with Gasteiger partial charge in [0.05, 0.1) is 11.1 Å². The third kappa shape index (κ3) is 9.80. The highest BCUT2D eigenvalue weighted by atomic mass is 19.1. The smallest absolute Gasteiger partial charge is 0.343 e. The van der Waals surface area contributed by atoms with E-state index in [4.69, 9.17) is 18.9 Å². The summed E-state index contributed by atoms with van der Waals surface area (Å²) in [4.78, 5) is 29.9. The van der Waals surface area contributed by atoms with Crippen LogP contribution in [0.15, 0.2) is 164 Å². The molecule has 4 aliphatic rings. The maximum Gasteiger partial charge on any atom is 0.343 e. The predicted molar refractivity (Wildman–Crippen MR) is 319 cm³/mol. The van der Waals surface area contributed by atoms with Crippen LogP contribution in [0.3, 0.4) is 0 Å². The van der Waals surface area contributed by atoms with Crippen LogP contribution in [0.1, 0.15) is 156 Å². The molecule has 8 aromatic carbocycles. The summed E-state index contributed by atoms with van der Waals surface area (Å²) in [6, 6.07) is 50.4. The van der Waals surface area contributed by atoms with E-state index in [-0.39, 0.29) is 11.8 Å². The topological polar surface area (TPSA) is 74.3 Å². The number of fused-ring (bicyclic) bond motifs is 8. The highest BCUT2D eigenvalue weighted by Gasteiger charge is 2.48. The number of carbonyl (C=O) groups is 2. The Balaban J connectivity index is 0.807. The van der Waals surface area contributed by atoms with E-state index in [9.17, 15) is 14.0 Å². The first-order valence-electron chi connectivity index (χ1n) is 29.1. The Kier molecular flexibility index (Phi) is 14.8. The standard InChI is InChI=1S/C72H70FNO6/c1-5-7-9-14-48-17-19-49(20-18-48)50-21-25-53(26-22-50)69(75)78-59-39-29-52(30-40-59)51-23-27-54(28-24-51)70(76)79-65-46-62-63(45-47(65)3)68-61(67-66(62)60-15-10-11-16-64(60)71(67,6-2)77-4)41-42-72(80-68,55-31-35-57(73)36-32-55)56-33-37-58(38-34-56)74-43-12-8-13-44-74/h10-11,15-16,21-42,45-46,48-49H,5-9,12-14,17-20,43-44H2,1-4H3. The molecule has 1 saturated heterocycles. The van der Waals surface area contributed by atoms with Gasteiger partial charge in [0, 0.05) is 53.5 Å². The molecule has 2 fully saturated rings. The molecule has 0 bridgehead atoms. The molecule has 2 heterocycles. The highest BCUT2D eigenvalue weighted by Crippen LogP contribution is 2.60. The van der Waals surface area contributed by atoms with Crippen LogP contribution in [0.4, 0.5) is 10.1 Å². The molecule has 8 aromatic rings. The third-order valence-electron chi connectivity index (χ3n) is 17.9. The van der Waals surface area contributed by atoms with Crippen LogP contribution < -0.4 is 19.1 Å². The van der Waals surface area contributed by atoms with Crippen molar-refractivity contribution in [3.8, 4) is 39.5 Å². The van der Waals surface area contributed by atoms with Crippen molar-refractivity contribution < 1.29 is 32.9 Å². The minimum absolute atomic E-state index is 0.324. The highest BCUT2D eigenvalue weighted by molar-refractivity contribution is 6.09. The van der Waals surface area contributed by atoms with Gasteiger partial charge in [-0.05, 0) is 193 Å². The fraction of sp³-hybridized carbons (Fsp3) is 0.306. The number of piperidine rings is 1. The van der Waals surface area contributed by atoms with E-state index >= 15 is 0 Å². The summed E-state index contributed by atoms with van der Waals surface area (Å²) in [6.07, 6.45) is 18.9. The molecule has 7 nitrogen and oxygen atoms in total. The maximum absolute atomic E-state index is 14.7. The summed E-state index contributed by atoms with van der Waals surface area (Å²) < 4.78 is 41.2. The molecule has 12 rings (SSSR count). The summed E-state index contributed by atoms with van der Waals surface area (Å²) in [5.41, 5.74) is 10.8. The molecule has 406 valence electrons. The lowest BCUT2D eigenvalue weighted by Crippen LogP contribution is -2.36. The Hall–Kier alpha value is -7.81. The van der Waals surface area contributed by atoms with Gasteiger partial charge >= 0.3 is 11.9 Å². The number of nitrogens with zero attached hydrogens (tertiary/aromatic N) is 1. The number of halogens is 1. The van der Waals surface area contributed by atoms with Gasteiger partial charge in [-0.15, -0.1) is 0 Å². The average Bonchev–Trinajstić information content (AvgIpc) is 3.94. The summed E-state index contributed by atoms with van der Waals surface area (Å²) >= 11 is 0. The van der Waals surface area contributed by atoms with Crippen LogP contribution in [0.25, 0.3) is 39.1 Å². The van der Waals surface area contributed by atoms with Gasteiger partial charge in [0.1, 0.15) is 28.7 Å². The largest absolute Gasteiger partial charge is 0.472 e. The predicted octanol–water partition coefficient (Wildman–Crippen LogP) is 17.9. The Morgan fingerprint density at radius 1 is 0.688 bits per heavy atom. The molecule has 1 saturated carbocycles. The minimum atomic E-state index is -1.12. The van der Waals surface area contributed by atoms with Crippen LogP contribution in [-0.2, 0) is 15.9 Å². The Bertz CT molecular complexity index is 3590. The van der Waals surface area contributed by atoms with Gasteiger partial charge < -0.3 is 23.8 Å². The van der Waals surface area contributed by atoms with Gasteiger partial charge in [-0.2, -0.15) is 0 Å². The number of benzene rings is 8. The Labute approximate surface area is 470 Å². The van der Waals surface area contributed by atoms with Crippen LogP contribution in [0.2, 0.25) is 0 Å². The lowest BCUT2D eigenvalue weighted by molar-refractivity contribution is 0.0219. The van der Waals surface area contributed by atoms with Crippen molar-refractivity contribution in [3.05, 3.63) is 220 Å². The van der Waals surface area contributed by atoms with Gasteiger partial charge in [0.15, 0.2) is 5.60 Å². The summed E-state index contributed by atoms with van der Waals surface area (Å²) in [6.45, 7) is 8.42. The Morgan fingerprint density at radius 3 is 1.99 bits per heavy atom. The fourth-order valence-corrected chi connectivity index (χ4v) is 13.4. The van der Waals surface area contributed by atoms with Gasteiger partial charge in [0.25, 0.3) is 0 Å². The van der Waals surface area contributed by atoms with Crippen molar-refractivity contribution in [2.75, 3.05) is 25.1 Å². The van der Waals surface area contributed by atoms with Crippen molar-refractivity contribution in [3.63, 3.8) is 0 Å². The zero-order valence-corrected chi connectivity index (χ0v) is 46.5. The molecule has 80 heavy (non-hydrogen) atoms. The normalized spacial score (nSPS) is 20.1. The number of rotatable bonds is 15. The van der Waals surface area contributed by atoms with Crippen LogP contribution in [0.5, 0.6) is 17.2 Å². The van der Waals surface area contributed by atoms with Crippen molar-refractivity contribution >= 4 is 34.5 Å². The molecule has 0 radical (unpaired) electrons. The monoisotopic (exact) mass is 1060 g/mol. The molecular formula is C72H70FNO6. The lowest BCUT2D eigenvalue weighted by Gasteiger charge is -2.39. The molecule has 0 N–H and O–H groups in total. The van der Waals surface area contributed by atoms with Gasteiger partial charge in [-0.3, -0.25) is 0 Å². The fourth-order valence-electron chi connectivity index (χ4n) is 13.4. The van der Waals surface area contributed by atoms with E-state index in [1.165, 1.54) is 94.0 Å². The molecule has 0 amide bonds. The van der Waals surface area contributed by atoms with E-state index in [2.05, 4.69) is 97.6 Å². The molecule has 8 heteroatoms. The number of esters is 2. The number of anilines is 1. The van der Waals surface area contributed by atoms with E-state index in [0.717, 1.165) is 85.4 Å². The second kappa shape index (κ2) is 22.4. The first-order valence-corrected chi connectivity index (χ1v) is 29.1. The van der Waals surface area contributed by atoms with Crippen molar-refractivity contribution in [2.24, 2.45) is 5.92 Å². The van der Waals surface area contributed by atoms with Crippen molar-refractivity contribution in [1.29, 1.82) is 0 Å². The van der Waals surface area contributed by atoms with Gasteiger partial charge in [0.2, 0.25) is 0 Å². The second-order valence-corrected chi connectivity index (χ2v) is 22.6. The van der Waals surface area contributed by atoms with Crippen LogP contribution in [-0.4, -0.2) is 32.1 Å². The molecule has 2 aliphatic heterocycles. The minimum Gasteiger partial charge on any atom is -0.472 e. The molecule has 2 atom stereocenters. The van der Waals surface area contributed by atoms with Crippen LogP contribution in [0, 0.1) is 18.7 Å². The molecular weight excluding hydrogens is 994 g/mol. The second-order valence-electron chi connectivity index (χ2n) is 22.6. The summed E-state index contributed by atoms with van der Waals surface area (Å²) in [7, 11) is 1.77. The zero-order valence-electron chi connectivity index (χ0n) is 46.5. The first-order chi connectivity index (χ1) is 39.1. The SMILES string of the molecule is CCCCCC1CCC(c2ccc(C(=O)Oc3ccc(-c4ccc(C(=O)Oc5cc6c7c(c8c(c6cc5C)OC(c5ccc(F)cc5)(c5ccc(N6CCCCC6)cc5)C=C8)C(CC)(OC)c5ccccc5-7)cc4)cc3)cc2)CC1. The number of hydrogen-bond acceptors (Lipinski definition) is 7. The molecule has 2 aliphatic carbocycles. The number of unbranched alkanes of at least 4 members (excludes halogenated alkanes) is 2. The zero-order chi connectivity index (χ0) is 55.0. The molecule has 0 aromatic heterocycles. The number of carbonyl (C=O) groups excluding carboxylic acids is 2. The summed E-state index contributed by atoms with van der Waals surface area (Å²) in [5.74, 6) is 1.77. The maximum atomic E-state index is 14.7. The van der Waals surface area contributed by atoms with E-state index in [1.807, 2.05) is 61.5 Å². The number of methoxy groups -OCH3 is 1. The van der Waals surface area contributed by atoms with Gasteiger partial charge in [-0.1, -0.05) is 131 Å². The molecule has 0 spiro atoms. The average molecular weight is 1060 g/mol. The van der Waals surface area contributed by atoms with Gasteiger partial charge in [-0.25, -0.2) is 14.0 Å². The van der Waals surface area contributed by atoms with Crippen LogP contribution >= 0.6 is 0 Å². The number of hydrogen-bond donors (Lipinski definition) is 0. The van der Waals surface area contributed by atoms with E-state index in [0.29, 0.717) is 40.7 Å². The number of ether oxygens (including phenoxy) is 4. The quantitative estimate of drug-likeness (QED) is 0.0575. The molecule has 2 unspecified atom stereocenters.